The second-order valence-electron chi connectivity index (χ2n) is 4.54. The average Bonchev–Trinajstić information content (AvgIpc) is 2.41. The Bertz CT molecular complexity index is 447. The van der Waals surface area contributed by atoms with Crippen LogP contribution in [0, 0.1) is 0 Å². The van der Waals surface area contributed by atoms with Gasteiger partial charge in [0.1, 0.15) is 11.8 Å². The SMILES string of the molecule is NC(=O)C(c1ccc(OC(F)F)cc1)N1CCNCC1. The standard InChI is InChI=1S/C13H17F2N3O2/c14-13(15)20-10-3-1-9(2-4-10)11(12(16)19)18-7-5-17-6-8-18/h1-4,11,13,17H,5-8H2,(H2,16,19). The van der Waals surface area contributed by atoms with Crippen molar-refractivity contribution < 1.29 is 18.3 Å². The van der Waals surface area contributed by atoms with Crippen molar-refractivity contribution in [1.29, 1.82) is 0 Å². The number of primary amides is 1. The zero-order valence-electron chi connectivity index (χ0n) is 10.9. The molecule has 1 unspecified atom stereocenters. The fraction of sp³-hybridized carbons (Fsp3) is 0.462. The minimum atomic E-state index is -2.86. The molecule has 0 saturated carbocycles. The van der Waals surface area contributed by atoms with E-state index in [1.54, 1.807) is 12.1 Å². The molecule has 1 aromatic carbocycles. The quantitative estimate of drug-likeness (QED) is 0.836. The molecule has 1 aliphatic rings. The number of rotatable bonds is 5. The van der Waals surface area contributed by atoms with Crippen molar-refractivity contribution in [3.8, 4) is 5.75 Å². The van der Waals surface area contributed by atoms with Gasteiger partial charge in [-0.05, 0) is 17.7 Å². The number of hydrogen-bond acceptors (Lipinski definition) is 4. The molecule has 0 spiro atoms. The summed E-state index contributed by atoms with van der Waals surface area (Å²) in [5.74, 6) is -0.387. The van der Waals surface area contributed by atoms with E-state index >= 15 is 0 Å². The summed E-state index contributed by atoms with van der Waals surface area (Å²) < 4.78 is 28.5. The molecule has 0 bridgehead atoms. The first kappa shape index (κ1) is 14.7. The molecule has 1 saturated heterocycles. The third-order valence-electron chi connectivity index (χ3n) is 3.21. The predicted molar refractivity (Wildman–Crippen MR) is 69.5 cm³/mol. The van der Waals surface area contributed by atoms with Crippen molar-refractivity contribution in [3.05, 3.63) is 29.8 Å². The Morgan fingerprint density at radius 3 is 2.35 bits per heavy atom. The van der Waals surface area contributed by atoms with Gasteiger partial charge in [0.15, 0.2) is 0 Å². The lowest BCUT2D eigenvalue weighted by molar-refractivity contribution is -0.123. The Hall–Kier alpha value is -1.73. The molecule has 20 heavy (non-hydrogen) atoms. The maximum Gasteiger partial charge on any atom is 0.387 e. The van der Waals surface area contributed by atoms with Crippen molar-refractivity contribution in [2.24, 2.45) is 5.73 Å². The van der Waals surface area contributed by atoms with Crippen LogP contribution in [0.4, 0.5) is 8.78 Å². The van der Waals surface area contributed by atoms with E-state index < -0.39 is 18.6 Å². The van der Waals surface area contributed by atoms with Gasteiger partial charge >= 0.3 is 6.61 Å². The minimum absolute atomic E-state index is 0.0623. The molecule has 5 nitrogen and oxygen atoms in total. The van der Waals surface area contributed by atoms with E-state index in [1.165, 1.54) is 12.1 Å². The molecule has 110 valence electrons. The lowest BCUT2D eigenvalue weighted by Gasteiger charge is -2.33. The highest BCUT2D eigenvalue weighted by atomic mass is 19.3. The molecular weight excluding hydrogens is 268 g/mol. The van der Waals surface area contributed by atoms with Crippen LogP contribution in [0.15, 0.2) is 24.3 Å². The summed E-state index contributed by atoms with van der Waals surface area (Å²) in [6, 6.07) is 5.47. The summed E-state index contributed by atoms with van der Waals surface area (Å²) in [6.45, 7) is 0.138. The van der Waals surface area contributed by atoms with Crippen LogP contribution in [0.1, 0.15) is 11.6 Å². The third-order valence-corrected chi connectivity index (χ3v) is 3.21. The van der Waals surface area contributed by atoms with Gasteiger partial charge in [-0.3, -0.25) is 9.69 Å². The maximum absolute atomic E-state index is 12.1. The Morgan fingerprint density at radius 2 is 1.85 bits per heavy atom. The van der Waals surface area contributed by atoms with E-state index in [2.05, 4.69) is 10.1 Å². The van der Waals surface area contributed by atoms with Gasteiger partial charge in [0.05, 0.1) is 0 Å². The first-order chi connectivity index (χ1) is 9.58. The lowest BCUT2D eigenvalue weighted by atomic mass is 10.0. The van der Waals surface area contributed by atoms with E-state index in [1.807, 2.05) is 4.90 Å². The van der Waals surface area contributed by atoms with Gasteiger partial charge in [-0.15, -0.1) is 0 Å². The topological polar surface area (TPSA) is 67.6 Å². The fourth-order valence-corrected chi connectivity index (χ4v) is 2.33. The summed E-state index contributed by atoms with van der Waals surface area (Å²) in [4.78, 5) is 13.6. The Kier molecular flexibility index (Phi) is 4.86. The predicted octanol–water partition coefficient (Wildman–Crippen LogP) is 0.720. The molecule has 1 aromatic rings. The van der Waals surface area contributed by atoms with Gasteiger partial charge in [-0.25, -0.2) is 0 Å². The van der Waals surface area contributed by atoms with Crippen LogP contribution in [0.25, 0.3) is 0 Å². The summed E-state index contributed by atoms with van der Waals surface area (Å²) in [5, 5.41) is 3.19. The van der Waals surface area contributed by atoms with Gasteiger partial charge in [-0.2, -0.15) is 8.78 Å². The van der Waals surface area contributed by atoms with E-state index in [-0.39, 0.29) is 5.75 Å². The second kappa shape index (κ2) is 6.62. The molecule has 0 aliphatic carbocycles. The maximum atomic E-state index is 12.1. The Labute approximate surface area is 115 Å². The van der Waals surface area contributed by atoms with Crippen LogP contribution < -0.4 is 15.8 Å². The molecule has 1 fully saturated rings. The number of nitrogens with zero attached hydrogens (tertiary/aromatic N) is 1. The average molecular weight is 285 g/mol. The number of halogens is 2. The van der Waals surface area contributed by atoms with Crippen LogP contribution in [-0.4, -0.2) is 43.6 Å². The number of ether oxygens (including phenoxy) is 1. The number of benzene rings is 1. The molecule has 1 aliphatic heterocycles. The Balaban J connectivity index is 2.14. The number of carbonyl (C=O) groups is 1. The van der Waals surface area contributed by atoms with Crippen molar-refractivity contribution in [3.63, 3.8) is 0 Å². The fourth-order valence-electron chi connectivity index (χ4n) is 2.33. The van der Waals surface area contributed by atoms with Gasteiger partial charge in [-0.1, -0.05) is 12.1 Å². The number of hydrogen-bond donors (Lipinski definition) is 2. The van der Waals surface area contributed by atoms with Crippen molar-refractivity contribution >= 4 is 5.91 Å². The molecule has 1 heterocycles. The number of nitrogens with two attached hydrogens (primary N) is 1. The summed E-state index contributed by atoms with van der Waals surface area (Å²) in [5.41, 5.74) is 6.15. The third kappa shape index (κ3) is 3.64. The molecule has 1 atom stereocenters. The molecule has 7 heteroatoms. The number of alkyl halides is 2. The monoisotopic (exact) mass is 285 g/mol. The highest BCUT2D eigenvalue weighted by Crippen LogP contribution is 2.24. The van der Waals surface area contributed by atoms with Crippen molar-refractivity contribution in [2.45, 2.75) is 12.7 Å². The number of amides is 1. The van der Waals surface area contributed by atoms with Gasteiger partial charge in [0.2, 0.25) is 5.91 Å². The number of nitrogens with one attached hydrogen (secondary N) is 1. The first-order valence-electron chi connectivity index (χ1n) is 6.37. The highest BCUT2D eigenvalue weighted by Gasteiger charge is 2.26. The van der Waals surface area contributed by atoms with Crippen LogP contribution in [0.2, 0.25) is 0 Å². The van der Waals surface area contributed by atoms with Crippen LogP contribution in [-0.2, 0) is 4.79 Å². The second-order valence-corrected chi connectivity index (χ2v) is 4.54. The Morgan fingerprint density at radius 1 is 1.25 bits per heavy atom. The number of piperazine rings is 1. The molecular formula is C13H17F2N3O2. The lowest BCUT2D eigenvalue weighted by Crippen LogP contribution is -2.48. The van der Waals surface area contributed by atoms with Crippen LogP contribution in [0.5, 0.6) is 5.75 Å². The summed E-state index contributed by atoms with van der Waals surface area (Å²) >= 11 is 0. The molecule has 3 N–H and O–H groups in total. The van der Waals surface area contributed by atoms with E-state index in [9.17, 15) is 13.6 Å². The largest absolute Gasteiger partial charge is 0.435 e. The zero-order chi connectivity index (χ0) is 14.5. The highest BCUT2D eigenvalue weighted by molar-refractivity contribution is 5.81. The molecule has 2 rings (SSSR count). The van der Waals surface area contributed by atoms with Gasteiger partial charge < -0.3 is 15.8 Å². The van der Waals surface area contributed by atoms with E-state index in [0.717, 1.165) is 13.1 Å². The normalized spacial score (nSPS) is 17.9. The van der Waals surface area contributed by atoms with Crippen LogP contribution in [0.3, 0.4) is 0 Å². The van der Waals surface area contributed by atoms with Crippen LogP contribution >= 0.6 is 0 Å². The molecule has 0 radical (unpaired) electrons. The van der Waals surface area contributed by atoms with E-state index in [4.69, 9.17) is 5.73 Å². The van der Waals surface area contributed by atoms with Crippen molar-refractivity contribution in [1.82, 2.24) is 10.2 Å². The zero-order valence-corrected chi connectivity index (χ0v) is 10.9. The summed E-state index contributed by atoms with van der Waals surface area (Å²) in [6.07, 6.45) is 0. The van der Waals surface area contributed by atoms with Crippen molar-refractivity contribution in [2.75, 3.05) is 26.2 Å². The van der Waals surface area contributed by atoms with Gasteiger partial charge in [0.25, 0.3) is 0 Å². The first-order valence-corrected chi connectivity index (χ1v) is 6.37. The molecule has 1 amide bonds. The van der Waals surface area contributed by atoms with Gasteiger partial charge in [0, 0.05) is 26.2 Å². The van der Waals surface area contributed by atoms with E-state index in [0.29, 0.717) is 18.7 Å². The minimum Gasteiger partial charge on any atom is -0.435 e. The number of carbonyl (C=O) groups excluding carboxylic acids is 1. The molecule has 0 aromatic heterocycles. The smallest absolute Gasteiger partial charge is 0.387 e. The summed E-state index contributed by atoms with van der Waals surface area (Å²) in [7, 11) is 0.